The predicted octanol–water partition coefficient (Wildman–Crippen LogP) is 3.45. The number of anilines is 1. The molecule has 19 heteroatoms. The molecule has 0 radical (unpaired) electrons. The largest absolute Gasteiger partial charge is 0.491 e. The van der Waals surface area contributed by atoms with E-state index in [9.17, 15) is 24.2 Å². The van der Waals surface area contributed by atoms with Crippen LogP contribution in [0.25, 0.3) is 5.52 Å². The molecule has 1 aromatic carbocycles. The monoisotopic (exact) mass is 746 g/mol. The van der Waals surface area contributed by atoms with Crippen molar-refractivity contribution in [2.45, 2.75) is 83.5 Å². The number of benzene rings is 1. The van der Waals surface area contributed by atoms with Gasteiger partial charge in [-0.15, -0.1) is 0 Å². The molecule has 0 bridgehead atoms. The number of fused-ring (bicyclic) bond motifs is 1. The van der Waals surface area contributed by atoms with Gasteiger partial charge in [0.2, 0.25) is 5.60 Å². The molecule has 1 fully saturated rings. The molecule has 2 aromatic heterocycles. The number of rotatable bonds is 18. The second-order valence-corrected chi connectivity index (χ2v) is 13.5. The number of hydrogen-bond donors (Lipinski definition) is 2. The minimum atomic E-state index is -4.62. The fourth-order valence-corrected chi connectivity index (χ4v) is 6.58. The summed E-state index contributed by atoms with van der Waals surface area (Å²) in [4.78, 5) is 42.3. The molecule has 0 aliphatic carbocycles. The number of nitrogen functional groups attached to an aromatic ring is 1. The van der Waals surface area contributed by atoms with Crippen LogP contribution in [0.3, 0.4) is 0 Å². The molecule has 18 nitrogen and oxygen atoms in total. The zero-order valence-corrected chi connectivity index (χ0v) is 30.6. The Morgan fingerprint density at radius 1 is 1.06 bits per heavy atom. The number of hydrogen-bond acceptors (Lipinski definition) is 16. The fourth-order valence-electron chi connectivity index (χ4n) is 5.06. The minimum Gasteiger partial charge on any atom is -0.491 e. The van der Waals surface area contributed by atoms with Crippen LogP contribution < -0.4 is 20.1 Å². The van der Waals surface area contributed by atoms with E-state index in [1.165, 1.54) is 43.9 Å². The number of aromatic nitrogens is 3. The third-order valence-electron chi connectivity index (χ3n) is 7.60. The minimum absolute atomic E-state index is 0.0382. The van der Waals surface area contributed by atoms with Gasteiger partial charge in [0.15, 0.2) is 18.0 Å². The van der Waals surface area contributed by atoms with Crippen LogP contribution in [-0.4, -0.2) is 89.4 Å². The molecule has 0 spiro atoms. The van der Waals surface area contributed by atoms with Crippen LogP contribution in [0.1, 0.15) is 59.3 Å². The molecule has 3 N–H and O–H groups in total. The summed E-state index contributed by atoms with van der Waals surface area (Å²) in [6.45, 7) is 7.53. The lowest BCUT2D eigenvalue weighted by Crippen LogP contribution is -2.49. The highest BCUT2D eigenvalue weighted by Gasteiger charge is 2.62. The lowest BCUT2D eigenvalue weighted by Gasteiger charge is -2.30. The van der Waals surface area contributed by atoms with Crippen molar-refractivity contribution >= 4 is 37.0 Å². The maximum atomic E-state index is 14.5. The third kappa shape index (κ3) is 9.55. The number of methoxy groups -OCH3 is 1. The summed E-state index contributed by atoms with van der Waals surface area (Å²) in [5, 5.41) is 17.5. The Bertz CT molecular complexity index is 1800. The molecule has 52 heavy (non-hydrogen) atoms. The molecule has 6 atom stereocenters. The van der Waals surface area contributed by atoms with E-state index in [0.717, 1.165) is 0 Å². The van der Waals surface area contributed by atoms with Crippen molar-refractivity contribution in [2.24, 2.45) is 0 Å². The van der Waals surface area contributed by atoms with E-state index < -0.39 is 68.3 Å². The number of nitriles is 1. The lowest BCUT2D eigenvalue weighted by atomic mass is 9.95. The molecule has 4 rings (SSSR count). The topological polar surface area (TPSA) is 234 Å². The molecular formula is C33H43N6O12P. The molecule has 0 amide bonds. The first-order valence-electron chi connectivity index (χ1n) is 16.5. The number of nitrogens with two attached hydrogens (primary N) is 1. The smallest absolute Gasteiger partial charge is 0.459 e. The quantitative estimate of drug-likeness (QED) is 0.0821. The number of ether oxygens (including phenoxy) is 6. The van der Waals surface area contributed by atoms with Crippen LogP contribution in [0.4, 0.5) is 5.82 Å². The van der Waals surface area contributed by atoms with E-state index in [-0.39, 0.29) is 36.7 Å². The van der Waals surface area contributed by atoms with Gasteiger partial charge < -0.3 is 38.7 Å². The maximum Gasteiger partial charge on any atom is 0.459 e. The van der Waals surface area contributed by atoms with Crippen LogP contribution in [0.5, 0.6) is 11.5 Å². The number of nitrogens with one attached hydrogen (secondary N) is 1. The summed E-state index contributed by atoms with van der Waals surface area (Å²) in [6, 6.07) is 9.95. The summed E-state index contributed by atoms with van der Waals surface area (Å²) >= 11 is 0. The highest BCUT2D eigenvalue weighted by molar-refractivity contribution is 7.52. The Labute approximate surface area is 300 Å². The van der Waals surface area contributed by atoms with Crippen molar-refractivity contribution < 1.29 is 56.4 Å². The van der Waals surface area contributed by atoms with Gasteiger partial charge in [0.25, 0.3) is 0 Å². The van der Waals surface area contributed by atoms with E-state index in [1.54, 1.807) is 45.0 Å². The number of esters is 3. The summed E-state index contributed by atoms with van der Waals surface area (Å²) in [7, 11) is -3.08. The van der Waals surface area contributed by atoms with Crippen molar-refractivity contribution in [1.29, 1.82) is 5.26 Å². The summed E-state index contributed by atoms with van der Waals surface area (Å²) in [5.41, 5.74) is 4.43. The Morgan fingerprint density at radius 3 is 2.37 bits per heavy atom. The standard InChI is InChI=1S/C33H43N6O12P/c1-7-26(40)48-29-28(24-13-14-25-31(35)36-19-37-39(24)25)50-33(17-34,30(29)49-27(41)8-2)18-46-52(43,38-21(5)32(42)47-20(3)4)51-23-11-9-22(10-12-23)45-16-15-44-6/h9-14,19-21,28-30H,7-8,15-16,18H2,1-6H3,(H,38,43)(H2,35,36,37)/t21?,28-,29-,30-,33+,52?/m0/s1. The predicted molar refractivity (Wildman–Crippen MR) is 182 cm³/mol. The Morgan fingerprint density at radius 2 is 1.73 bits per heavy atom. The van der Waals surface area contributed by atoms with E-state index in [0.29, 0.717) is 17.9 Å². The molecular weight excluding hydrogens is 703 g/mol. The van der Waals surface area contributed by atoms with E-state index in [2.05, 4.69) is 15.2 Å². The van der Waals surface area contributed by atoms with Gasteiger partial charge in [0, 0.05) is 20.0 Å². The Balaban J connectivity index is 1.74. The molecule has 2 unspecified atom stereocenters. The highest BCUT2D eigenvalue weighted by Crippen LogP contribution is 2.50. The Hall–Kier alpha value is -4.79. The van der Waals surface area contributed by atoms with Gasteiger partial charge in [-0.05, 0) is 57.2 Å². The molecule has 282 valence electrons. The van der Waals surface area contributed by atoms with Crippen molar-refractivity contribution in [2.75, 3.05) is 32.7 Å². The average molecular weight is 747 g/mol. The molecule has 1 aliphatic rings. The molecule has 3 heterocycles. The second-order valence-electron chi connectivity index (χ2n) is 11.8. The highest BCUT2D eigenvalue weighted by atomic mass is 31.2. The van der Waals surface area contributed by atoms with Crippen molar-refractivity contribution in [1.82, 2.24) is 19.7 Å². The van der Waals surface area contributed by atoms with Crippen LogP contribution in [0.15, 0.2) is 42.7 Å². The van der Waals surface area contributed by atoms with E-state index >= 15 is 0 Å². The van der Waals surface area contributed by atoms with Crippen LogP contribution in [0.2, 0.25) is 0 Å². The van der Waals surface area contributed by atoms with Crippen molar-refractivity contribution in [3.8, 4) is 17.6 Å². The Kier molecular flexibility index (Phi) is 13.6. The molecule has 1 saturated heterocycles. The van der Waals surface area contributed by atoms with Gasteiger partial charge >= 0.3 is 25.7 Å². The first kappa shape index (κ1) is 40.0. The molecule has 3 aromatic rings. The normalized spacial score (nSPS) is 21.5. The number of carbonyl (C=O) groups is 3. The number of nitrogens with zero attached hydrogens (tertiary/aromatic N) is 4. The van der Waals surface area contributed by atoms with E-state index in [1.807, 2.05) is 6.07 Å². The fraction of sp³-hybridized carbons (Fsp3) is 0.515. The van der Waals surface area contributed by atoms with Gasteiger partial charge in [-0.3, -0.25) is 18.9 Å². The maximum absolute atomic E-state index is 14.5. The number of carbonyl (C=O) groups excluding carboxylic acids is 3. The van der Waals surface area contributed by atoms with Gasteiger partial charge in [-0.2, -0.15) is 15.4 Å². The molecule has 0 saturated carbocycles. The second kappa shape index (κ2) is 17.6. The summed E-state index contributed by atoms with van der Waals surface area (Å²) < 4.78 is 61.2. The van der Waals surface area contributed by atoms with Gasteiger partial charge in [0.05, 0.1) is 18.4 Å². The van der Waals surface area contributed by atoms with Gasteiger partial charge in [-0.1, -0.05) is 13.8 Å². The summed E-state index contributed by atoms with van der Waals surface area (Å²) in [6.07, 6.45) is -3.78. The SMILES string of the molecule is CCC(=O)O[C@H]1[C@H](c2ccc3c(N)ncnn23)O[C@](C#N)(COP(=O)(NC(C)C(=O)OC(C)C)Oc2ccc(OCCOC)cc2)[C@H]1OC(=O)CC. The third-order valence-corrected chi connectivity index (χ3v) is 9.22. The zero-order valence-electron chi connectivity index (χ0n) is 29.7. The first-order valence-corrected chi connectivity index (χ1v) is 18.0. The van der Waals surface area contributed by atoms with E-state index in [4.69, 9.17) is 43.2 Å². The van der Waals surface area contributed by atoms with Crippen LogP contribution in [-0.2, 0) is 47.2 Å². The zero-order chi connectivity index (χ0) is 38.1. The van der Waals surface area contributed by atoms with Crippen LogP contribution in [0, 0.1) is 11.3 Å². The summed E-state index contributed by atoms with van der Waals surface area (Å²) in [5.74, 6) is -1.57. The first-order chi connectivity index (χ1) is 24.8. The van der Waals surface area contributed by atoms with Crippen molar-refractivity contribution in [3.05, 3.63) is 48.4 Å². The van der Waals surface area contributed by atoms with Gasteiger partial charge in [0.1, 0.15) is 54.8 Å². The van der Waals surface area contributed by atoms with Gasteiger partial charge in [-0.25, -0.2) is 14.1 Å². The van der Waals surface area contributed by atoms with Crippen molar-refractivity contribution in [3.63, 3.8) is 0 Å². The lowest BCUT2D eigenvalue weighted by molar-refractivity contribution is -0.169. The van der Waals surface area contributed by atoms with Crippen LogP contribution >= 0.6 is 7.75 Å². The molecule has 1 aliphatic heterocycles. The average Bonchev–Trinajstić information content (AvgIpc) is 3.68.